The summed E-state index contributed by atoms with van der Waals surface area (Å²) in [5.74, 6) is -0.655. The maximum absolute atomic E-state index is 13.7. The standard InChI is InChI=1S/C15H23FN2O3S/c1-11(2)12(3)17-15(19)10-18(22(4,20)21)9-13-7-5-6-8-14(13)16/h5-8,11-12H,9-10H2,1-4H3,(H,17,19). The molecule has 0 aromatic heterocycles. The van der Waals surface area contributed by atoms with Crippen LogP contribution in [0, 0.1) is 11.7 Å². The lowest BCUT2D eigenvalue weighted by molar-refractivity contribution is -0.122. The van der Waals surface area contributed by atoms with Gasteiger partial charge in [0.1, 0.15) is 5.82 Å². The fraction of sp³-hybridized carbons (Fsp3) is 0.533. The molecule has 0 aliphatic heterocycles. The third kappa shape index (κ3) is 5.73. The molecule has 7 heteroatoms. The molecular weight excluding hydrogens is 307 g/mol. The van der Waals surface area contributed by atoms with Gasteiger partial charge in [0.25, 0.3) is 0 Å². The van der Waals surface area contributed by atoms with Gasteiger partial charge in [0.05, 0.1) is 12.8 Å². The number of carbonyl (C=O) groups is 1. The third-order valence-corrected chi connectivity index (χ3v) is 4.68. The highest BCUT2D eigenvalue weighted by Gasteiger charge is 2.22. The summed E-state index contributed by atoms with van der Waals surface area (Å²) in [7, 11) is -3.63. The molecule has 1 atom stereocenters. The molecule has 1 aromatic carbocycles. The molecule has 0 saturated carbocycles. The van der Waals surface area contributed by atoms with Crippen molar-refractivity contribution in [2.75, 3.05) is 12.8 Å². The van der Waals surface area contributed by atoms with Gasteiger partial charge in [-0.15, -0.1) is 0 Å². The van der Waals surface area contributed by atoms with Gasteiger partial charge in [-0.3, -0.25) is 4.79 Å². The minimum atomic E-state index is -3.63. The second kappa shape index (κ2) is 7.69. The second-order valence-corrected chi connectivity index (χ2v) is 7.71. The molecule has 0 spiro atoms. The molecule has 0 radical (unpaired) electrons. The molecule has 22 heavy (non-hydrogen) atoms. The number of sulfonamides is 1. The summed E-state index contributed by atoms with van der Waals surface area (Å²) >= 11 is 0. The van der Waals surface area contributed by atoms with Crippen LogP contribution in [-0.2, 0) is 21.4 Å². The molecule has 124 valence electrons. The predicted molar refractivity (Wildman–Crippen MR) is 84.1 cm³/mol. The van der Waals surface area contributed by atoms with E-state index < -0.39 is 21.7 Å². The van der Waals surface area contributed by atoms with Gasteiger partial charge in [-0.1, -0.05) is 32.0 Å². The summed E-state index contributed by atoms with van der Waals surface area (Å²) in [6, 6.07) is 5.85. The molecule has 0 bridgehead atoms. The summed E-state index contributed by atoms with van der Waals surface area (Å²) in [5, 5.41) is 2.74. The number of carbonyl (C=O) groups excluding carboxylic acids is 1. The molecule has 1 amide bonds. The first-order valence-electron chi connectivity index (χ1n) is 7.09. The highest BCUT2D eigenvalue weighted by atomic mass is 32.2. The fourth-order valence-electron chi connectivity index (χ4n) is 1.73. The van der Waals surface area contributed by atoms with E-state index in [1.54, 1.807) is 6.07 Å². The van der Waals surface area contributed by atoms with E-state index in [0.717, 1.165) is 10.6 Å². The smallest absolute Gasteiger partial charge is 0.235 e. The van der Waals surface area contributed by atoms with Crippen molar-refractivity contribution < 1.29 is 17.6 Å². The first-order chi connectivity index (χ1) is 10.1. The summed E-state index contributed by atoms with van der Waals surface area (Å²) in [5.41, 5.74) is 0.234. The Morgan fingerprint density at radius 3 is 2.36 bits per heavy atom. The van der Waals surface area contributed by atoms with Crippen molar-refractivity contribution in [2.24, 2.45) is 5.92 Å². The topological polar surface area (TPSA) is 66.5 Å². The maximum atomic E-state index is 13.7. The Bertz CT molecular complexity index is 617. The summed E-state index contributed by atoms with van der Waals surface area (Å²) in [4.78, 5) is 12.0. The van der Waals surface area contributed by atoms with Gasteiger partial charge in [0.15, 0.2) is 0 Å². The van der Waals surface area contributed by atoms with Crippen LogP contribution in [0.15, 0.2) is 24.3 Å². The third-order valence-electron chi connectivity index (χ3n) is 3.48. The lowest BCUT2D eigenvalue weighted by atomic mass is 10.1. The van der Waals surface area contributed by atoms with E-state index in [0.29, 0.717) is 0 Å². The largest absolute Gasteiger partial charge is 0.352 e. The van der Waals surface area contributed by atoms with Crippen LogP contribution in [0.1, 0.15) is 26.3 Å². The van der Waals surface area contributed by atoms with Gasteiger partial charge in [0.2, 0.25) is 15.9 Å². The van der Waals surface area contributed by atoms with Gasteiger partial charge in [-0.05, 0) is 18.9 Å². The summed E-state index contributed by atoms with van der Waals surface area (Å²) in [6.07, 6.45) is 1.01. The van der Waals surface area contributed by atoms with Crippen LogP contribution >= 0.6 is 0 Å². The zero-order valence-electron chi connectivity index (χ0n) is 13.3. The number of nitrogens with zero attached hydrogens (tertiary/aromatic N) is 1. The van der Waals surface area contributed by atoms with Gasteiger partial charge < -0.3 is 5.32 Å². The normalized spacial score (nSPS) is 13.4. The minimum Gasteiger partial charge on any atom is -0.352 e. The minimum absolute atomic E-state index is 0.0672. The molecule has 0 aliphatic rings. The van der Waals surface area contributed by atoms with Crippen LogP contribution in [0.25, 0.3) is 0 Å². The SMILES string of the molecule is CC(C)C(C)NC(=O)CN(Cc1ccccc1F)S(C)(=O)=O. The monoisotopic (exact) mass is 330 g/mol. The zero-order chi connectivity index (χ0) is 16.9. The van der Waals surface area contributed by atoms with E-state index in [-0.39, 0.29) is 30.6 Å². The van der Waals surface area contributed by atoms with E-state index in [9.17, 15) is 17.6 Å². The van der Waals surface area contributed by atoms with Gasteiger partial charge in [0, 0.05) is 18.2 Å². The van der Waals surface area contributed by atoms with Crippen LogP contribution in [0.3, 0.4) is 0 Å². The zero-order valence-corrected chi connectivity index (χ0v) is 14.2. The predicted octanol–water partition coefficient (Wildman–Crippen LogP) is 1.75. The second-order valence-electron chi connectivity index (χ2n) is 5.72. The Morgan fingerprint density at radius 1 is 1.27 bits per heavy atom. The van der Waals surface area contributed by atoms with Crippen molar-refractivity contribution in [1.82, 2.24) is 9.62 Å². The highest BCUT2D eigenvalue weighted by Crippen LogP contribution is 2.12. The first kappa shape index (κ1) is 18.6. The Hall–Kier alpha value is -1.47. The first-order valence-corrected chi connectivity index (χ1v) is 8.94. The Kier molecular flexibility index (Phi) is 6.49. The number of rotatable bonds is 7. The molecule has 1 unspecified atom stereocenters. The molecule has 1 aromatic rings. The quantitative estimate of drug-likeness (QED) is 0.828. The number of halogens is 1. The molecule has 0 heterocycles. The van der Waals surface area contributed by atoms with Crippen molar-refractivity contribution >= 4 is 15.9 Å². The van der Waals surface area contributed by atoms with Crippen LogP contribution in [0.4, 0.5) is 4.39 Å². The average Bonchev–Trinajstić information content (AvgIpc) is 2.39. The van der Waals surface area contributed by atoms with Crippen molar-refractivity contribution in [3.63, 3.8) is 0 Å². The lowest BCUT2D eigenvalue weighted by Crippen LogP contribution is -2.44. The van der Waals surface area contributed by atoms with Crippen LogP contribution in [0.5, 0.6) is 0 Å². The molecule has 5 nitrogen and oxygen atoms in total. The van der Waals surface area contributed by atoms with Crippen molar-refractivity contribution in [3.05, 3.63) is 35.6 Å². The van der Waals surface area contributed by atoms with Crippen molar-refractivity contribution in [2.45, 2.75) is 33.4 Å². The van der Waals surface area contributed by atoms with Gasteiger partial charge in [-0.25, -0.2) is 12.8 Å². The Morgan fingerprint density at radius 2 is 1.86 bits per heavy atom. The van der Waals surface area contributed by atoms with Crippen molar-refractivity contribution in [1.29, 1.82) is 0 Å². The van der Waals surface area contributed by atoms with Crippen molar-refractivity contribution in [3.8, 4) is 0 Å². The van der Waals surface area contributed by atoms with E-state index in [1.807, 2.05) is 20.8 Å². The van der Waals surface area contributed by atoms with Crippen LogP contribution in [-0.4, -0.2) is 37.5 Å². The van der Waals surface area contributed by atoms with Gasteiger partial charge in [-0.2, -0.15) is 4.31 Å². The lowest BCUT2D eigenvalue weighted by Gasteiger charge is -2.22. The number of nitrogens with one attached hydrogen (secondary N) is 1. The molecular formula is C15H23FN2O3S. The fourth-order valence-corrected chi connectivity index (χ4v) is 2.46. The molecule has 1 N–H and O–H groups in total. The van der Waals surface area contributed by atoms with E-state index >= 15 is 0 Å². The van der Waals surface area contributed by atoms with E-state index in [4.69, 9.17) is 0 Å². The molecule has 0 saturated heterocycles. The van der Waals surface area contributed by atoms with E-state index in [2.05, 4.69) is 5.32 Å². The molecule has 0 fully saturated rings. The molecule has 1 rings (SSSR count). The number of hydrogen-bond donors (Lipinski definition) is 1. The Balaban J connectivity index is 2.83. The van der Waals surface area contributed by atoms with E-state index in [1.165, 1.54) is 18.2 Å². The Labute approximate surface area is 131 Å². The average molecular weight is 330 g/mol. The number of amides is 1. The highest BCUT2D eigenvalue weighted by molar-refractivity contribution is 7.88. The number of benzene rings is 1. The number of hydrogen-bond acceptors (Lipinski definition) is 3. The maximum Gasteiger partial charge on any atom is 0.235 e. The van der Waals surface area contributed by atoms with Gasteiger partial charge >= 0.3 is 0 Å². The van der Waals surface area contributed by atoms with Crippen LogP contribution < -0.4 is 5.32 Å². The summed E-state index contributed by atoms with van der Waals surface area (Å²) in [6.45, 7) is 5.26. The molecule has 0 aliphatic carbocycles. The summed E-state index contributed by atoms with van der Waals surface area (Å²) < 4.78 is 38.3. The van der Waals surface area contributed by atoms with Crippen LogP contribution in [0.2, 0.25) is 0 Å².